The summed E-state index contributed by atoms with van der Waals surface area (Å²) in [5.74, 6) is 0.490. The van der Waals surface area contributed by atoms with Crippen molar-refractivity contribution in [3.63, 3.8) is 0 Å². The van der Waals surface area contributed by atoms with Gasteiger partial charge in [-0.05, 0) is 6.92 Å². The molecule has 1 heterocycles. The highest BCUT2D eigenvalue weighted by molar-refractivity contribution is 6.19. The highest BCUT2D eigenvalue weighted by Gasteiger charge is 2.08. The van der Waals surface area contributed by atoms with Crippen molar-refractivity contribution in [2.24, 2.45) is 0 Å². The number of hydrogen-bond donors (Lipinski definition) is 2. The molecule has 0 bridgehead atoms. The monoisotopic (exact) mass is 246 g/mol. The van der Waals surface area contributed by atoms with E-state index in [0.29, 0.717) is 5.82 Å². The SMILES string of the molecule is Cc1noc(CNC(=O)NC(=O)CCCl)n1. The van der Waals surface area contributed by atoms with Gasteiger partial charge in [0.1, 0.15) is 0 Å². The number of aromatic nitrogens is 2. The molecule has 2 N–H and O–H groups in total. The van der Waals surface area contributed by atoms with Crippen LogP contribution in [0.4, 0.5) is 4.79 Å². The molecule has 16 heavy (non-hydrogen) atoms. The molecule has 3 amide bonds. The summed E-state index contributed by atoms with van der Waals surface area (Å²) in [4.78, 5) is 26.0. The summed E-state index contributed by atoms with van der Waals surface area (Å²) in [6.45, 7) is 1.73. The van der Waals surface area contributed by atoms with Gasteiger partial charge in [-0.1, -0.05) is 5.16 Å². The molecule has 0 atom stereocenters. The van der Waals surface area contributed by atoms with Gasteiger partial charge in [0.25, 0.3) is 0 Å². The number of nitrogens with zero attached hydrogens (tertiary/aromatic N) is 2. The lowest BCUT2D eigenvalue weighted by Gasteiger charge is -2.02. The average Bonchev–Trinajstić information content (AvgIpc) is 2.61. The minimum Gasteiger partial charge on any atom is -0.337 e. The molecule has 1 rings (SSSR count). The molecule has 0 spiro atoms. The Morgan fingerprint density at radius 3 is 2.81 bits per heavy atom. The van der Waals surface area contributed by atoms with Gasteiger partial charge in [0.05, 0.1) is 6.54 Å². The molecule has 0 fully saturated rings. The summed E-state index contributed by atoms with van der Waals surface area (Å²) in [5, 5.41) is 8.03. The van der Waals surface area contributed by atoms with Gasteiger partial charge < -0.3 is 9.84 Å². The fourth-order valence-electron chi connectivity index (χ4n) is 0.887. The molecule has 8 heteroatoms. The van der Waals surface area contributed by atoms with E-state index in [9.17, 15) is 9.59 Å². The number of carbonyl (C=O) groups is 2. The van der Waals surface area contributed by atoms with E-state index in [4.69, 9.17) is 16.1 Å². The normalized spacial score (nSPS) is 9.88. The lowest BCUT2D eigenvalue weighted by Crippen LogP contribution is -2.39. The smallest absolute Gasteiger partial charge is 0.321 e. The van der Waals surface area contributed by atoms with E-state index in [1.165, 1.54) is 0 Å². The highest BCUT2D eigenvalue weighted by atomic mass is 35.5. The number of rotatable bonds is 4. The number of nitrogens with one attached hydrogen (secondary N) is 2. The van der Waals surface area contributed by atoms with Crippen molar-refractivity contribution in [1.82, 2.24) is 20.8 Å². The van der Waals surface area contributed by atoms with E-state index in [0.717, 1.165) is 0 Å². The maximum atomic E-state index is 11.1. The number of aryl methyl sites for hydroxylation is 1. The van der Waals surface area contributed by atoms with Crippen molar-refractivity contribution < 1.29 is 14.1 Å². The number of urea groups is 1. The molecule has 0 aliphatic carbocycles. The molecule has 0 aromatic carbocycles. The summed E-state index contributed by atoms with van der Waals surface area (Å²) >= 11 is 5.33. The Kier molecular flexibility index (Phi) is 4.71. The quantitative estimate of drug-likeness (QED) is 0.747. The largest absolute Gasteiger partial charge is 0.337 e. The van der Waals surface area contributed by atoms with Gasteiger partial charge in [-0.2, -0.15) is 4.98 Å². The van der Waals surface area contributed by atoms with E-state index in [2.05, 4.69) is 20.8 Å². The van der Waals surface area contributed by atoms with Gasteiger partial charge in [0.2, 0.25) is 11.8 Å². The van der Waals surface area contributed by atoms with Gasteiger partial charge in [0, 0.05) is 12.3 Å². The predicted octanol–water partition coefficient (Wildman–Crippen LogP) is 0.333. The van der Waals surface area contributed by atoms with Crippen LogP contribution in [0.15, 0.2) is 4.52 Å². The van der Waals surface area contributed by atoms with Crippen molar-refractivity contribution in [2.45, 2.75) is 19.9 Å². The minimum atomic E-state index is -0.619. The lowest BCUT2D eigenvalue weighted by molar-refractivity contribution is -0.119. The zero-order valence-corrected chi connectivity index (χ0v) is 9.37. The third kappa shape index (κ3) is 4.26. The summed E-state index contributed by atoms with van der Waals surface area (Å²) in [6, 6.07) is -0.619. The third-order valence-electron chi connectivity index (χ3n) is 1.54. The van der Waals surface area contributed by atoms with Crippen LogP contribution in [0.5, 0.6) is 0 Å². The van der Waals surface area contributed by atoms with E-state index in [1.54, 1.807) is 6.92 Å². The summed E-state index contributed by atoms with van der Waals surface area (Å²) in [7, 11) is 0. The average molecular weight is 247 g/mol. The van der Waals surface area contributed by atoms with Crippen LogP contribution in [-0.2, 0) is 11.3 Å². The second kappa shape index (κ2) is 6.06. The van der Waals surface area contributed by atoms with Gasteiger partial charge in [-0.25, -0.2) is 4.79 Å². The van der Waals surface area contributed by atoms with Crippen LogP contribution in [0.25, 0.3) is 0 Å². The first kappa shape index (κ1) is 12.4. The molecule has 1 aromatic rings. The van der Waals surface area contributed by atoms with Crippen LogP contribution in [0.2, 0.25) is 0 Å². The van der Waals surface area contributed by atoms with Crippen molar-refractivity contribution in [1.29, 1.82) is 0 Å². The summed E-state index contributed by atoms with van der Waals surface area (Å²) in [5.41, 5.74) is 0. The van der Waals surface area contributed by atoms with E-state index in [1.807, 2.05) is 0 Å². The minimum absolute atomic E-state index is 0.0703. The van der Waals surface area contributed by atoms with Crippen LogP contribution < -0.4 is 10.6 Å². The fourth-order valence-corrected chi connectivity index (χ4v) is 1.06. The van der Waals surface area contributed by atoms with Crippen LogP contribution in [-0.4, -0.2) is 28.0 Å². The topological polar surface area (TPSA) is 97.1 Å². The highest BCUT2D eigenvalue weighted by Crippen LogP contribution is 1.94. The molecule has 88 valence electrons. The molecule has 0 saturated heterocycles. The van der Waals surface area contributed by atoms with Crippen molar-refractivity contribution in [3.8, 4) is 0 Å². The fraction of sp³-hybridized carbons (Fsp3) is 0.500. The summed E-state index contributed by atoms with van der Waals surface area (Å²) < 4.78 is 4.76. The predicted molar refractivity (Wildman–Crippen MR) is 54.8 cm³/mol. The van der Waals surface area contributed by atoms with Gasteiger partial charge >= 0.3 is 6.03 Å². The molecular formula is C8H11ClN4O3. The Labute approximate surface area is 96.5 Å². The number of alkyl halides is 1. The molecular weight excluding hydrogens is 236 g/mol. The maximum Gasteiger partial charge on any atom is 0.321 e. The molecule has 0 unspecified atom stereocenters. The standard InChI is InChI=1S/C8H11ClN4O3/c1-5-11-7(16-13-5)4-10-8(15)12-6(14)2-3-9/h2-4H2,1H3,(H2,10,12,14,15). The number of carbonyl (C=O) groups excluding carboxylic acids is 2. The maximum absolute atomic E-state index is 11.1. The van der Waals surface area contributed by atoms with Gasteiger partial charge in [0.15, 0.2) is 5.82 Å². The number of amides is 3. The number of imide groups is 1. The van der Waals surface area contributed by atoms with Crippen LogP contribution in [0, 0.1) is 6.92 Å². The molecule has 7 nitrogen and oxygen atoms in total. The Balaban J connectivity index is 2.27. The third-order valence-corrected chi connectivity index (χ3v) is 1.73. The van der Waals surface area contributed by atoms with Crippen LogP contribution in [0.3, 0.4) is 0 Å². The Morgan fingerprint density at radius 1 is 1.50 bits per heavy atom. The van der Waals surface area contributed by atoms with Gasteiger partial charge in [-0.3, -0.25) is 10.1 Å². The Morgan fingerprint density at radius 2 is 2.25 bits per heavy atom. The lowest BCUT2D eigenvalue weighted by atomic mass is 10.4. The van der Waals surface area contributed by atoms with Crippen LogP contribution in [0.1, 0.15) is 18.1 Å². The second-order valence-electron chi connectivity index (χ2n) is 2.91. The molecule has 1 aromatic heterocycles. The first-order valence-corrected chi connectivity index (χ1v) is 5.08. The molecule has 0 aliphatic rings. The number of hydrogen-bond acceptors (Lipinski definition) is 5. The first-order chi connectivity index (χ1) is 7.61. The first-order valence-electron chi connectivity index (χ1n) is 4.54. The number of halogens is 1. The zero-order valence-electron chi connectivity index (χ0n) is 8.62. The van der Waals surface area contributed by atoms with Crippen molar-refractivity contribution in [2.75, 3.05) is 5.88 Å². The Bertz CT molecular complexity index is 379. The van der Waals surface area contributed by atoms with Crippen LogP contribution >= 0.6 is 11.6 Å². The second-order valence-corrected chi connectivity index (χ2v) is 3.28. The van der Waals surface area contributed by atoms with E-state index >= 15 is 0 Å². The Hall–Kier alpha value is -1.63. The van der Waals surface area contributed by atoms with E-state index in [-0.39, 0.29) is 24.7 Å². The van der Waals surface area contributed by atoms with Gasteiger partial charge in [-0.15, -0.1) is 11.6 Å². The van der Waals surface area contributed by atoms with Crippen molar-refractivity contribution in [3.05, 3.63) is 11.7 Å². The summed E-state index contributed by atoms with van der Waals surface area (Å²) in [6.07, 6.45) is 0.0919. The zero-order chi connectivity index (χ0) is 12.0. The molecule has 0 aliphatic heterocycles. The molecule has 0 radical (unpaired) electrons. The molecule has 0 saturated carbocycles. The van der Waals surface area contributed by atoms with E-state index < -0.39 is 11.9 Å². The van der Waals surface area contributed by atoms with Crippen molar-refractivity contribution >= 4 is 23.5 Å².